The summed E-state index contributed by atoms with van der Waals surface area (Å²) in [7, 11) is -0.296. The molecule has 0 heterocycles. The molecule has 5 heteroatoms. The molecule has 0 N–H and O–H groups in total. The quantitative estimate of drug-likeness (QED) is 0.786. The van der Waals surface area contributed by atoms with E-state index in [4.69, 9.17) is 9.47 Å². The van der Waals surface area contributed by atoms with E-state index in [0.717, 1.165) is 0 Å². The third-order valence-corrected chi connectivity index (χ3v) is 3.85. The number of benzene rings is 1. The molecule has 1 aromatic carbocycles. The third kappa shape index (κ3) is 2.41. The van der Waals surface area contributed by atoms with Crippen molar-refractivity contribution in [1.82, 2.24) is 0 Å². The zero-order chi connectivity index (χ0) is 11.5. The Morgan fingerprint density at radius 3 is 2.33 bits per heavy atom. The Hall–Kier alpha value is -1.23. The van der Waals surface area contributed by atoms with Gasteiger partial charge in [-0.15, -0.1) is 0 Å². The Balaban J connectivity index is 3.31. The lowest BCUT2D eigenvalue weighted by molar-refractivity contribution is 0.386. The predicted molar refractivity (Wildman–Crippen MR) is 57.3 cm³/mol. The van der Waals surface area contributed by atoms with Gasteiger partial charge in [0.25, 0.3) is 0 Å². The van der Waals surface area contributed by atoms with Crippen LogP contribution in [-0.2, 0) is 9.84 Å². The average Bonchev–Trinajstić information content (AvgIpc) is 2.28. The molecular formula is C10H14O4S. The molecule has 0 saturated heterocycles. The first-order valence-corrected chi connectivity index (χ1v) is 6.15. The molecule has 0 aliphatic heterocycles. The number of rotatable bonds is 4. The molecule has 0 unspecified atom stereocenters. The molecule has 0 aliphatic rings. The van der Waals surface area contributed by atoms with Crippen LogP contribution in [0.1, 0.15) is 6.92 Å². The molecule has 0 atom stereocenters. The molecule has 0 saturated carbocycles. The van der Waals surface area contributed by atoms with E-state index in [2.05, 4.69) is 0 Å². The second kappa shape index (κ2) is 4.53. The highest BCUT2D eigenvalue weighted by Crippen LogP contribution is 2.28. The summed E-state index contributed by atoms with van der Waals surface area (Å²) in [6, 6.07) is 4.66. The summed E-state index contributed by atoms with van der Waals surface area (Å²) in [6.07, 6.45) is 0. The highest BCUT2D eigenvalue weighted by molar-refractivity contribution is 7.91. The van der Waals surface area contributed by atoms with Crippen molar-refractivity contribution >= 4 is 9.84 Å². The van der Waals surface area contributed by atoms with Crippen LogP contribution in [0.3, 0.4) is 0 Å². The molecule has 84 valence electrons. The minimum Gasteiger partial charge on any atom is -0.497 e. The van der Waals surface area contributed by atoms with E-state index in [1.807, 2.05) is 0 Å². The van der Waals surface area contributed by atoms with Gasteiger partial charge in [0.05, 0.1) is 20.0 Å². The predicted octanol–water partition coefficient (Wildman–Crippen LogP) is 1.50. The molecular weight excluding hydrogens is 216 g/mol. The van der Waals surface area contributed by atoms with Gasteiger partial charge in [0.2, 0.25) is 0 Å². The summed E-state index contributed by atoms with van der Waals surface area (Å²) in [5.41, 5.74) is 0. The number of sulfone groups is 1. The van der Waals surface area contributed by atoms with Gasteiger partial charge in [0, 0.05) is 6.07 Å². The third-order valence-electron chi connectivity index (χ3n) is 2.09. The van der Waals surface area contributed by atoms with Gasteiger partial charge >= 0.3 is 0 Å². The molecule has 0 fully saturated rings. The Morgan fingerprint density at radius 2 is 1.87 bits per heavy atom. The largest absolute Gasteiger partial charge is 0.497 e. The van der Waals surface area contributed by atoms with Crippen LogP contribution in [0.2, 0.25) is 0 Å². The van der Waals surface area contributed by atoms with E-state index in [9.17, 15) is 8.42 Å². The van der Waals surface area contributed by atoms with Crippen molar-refractivity contribution in [2.24, 2.45) is 0 Å². The van der Waals surface area contributed by atoms with Gasteiger partial charge in [-0.25, -0.2) is 8.42 Å². The van der Waals surface area contributed by atoms with Crippen molar-refractivity contribution in [3.05, 3.63) is 18.2 Å². The minimum absolute atomic E-state index is 0.0513. The van der Waals surface area contributed by atoms with Gasteiger partial charge in [0.1, 0.15) is 16.4 Å². The topological polar surface area (TPSA) is 52.6 Å². The average molecular weight is 230 g/mol. The SMILES string of the molecule is CCS(=O)(=O)c1ccc(OC)cc1OC. The second-order valence-electron chi connectivity index (χ2n) is 2.92. The first kappa shape index (κ1) is 11.8. The lowest BCUT2D eigenvalue weighted by Crippen LogP contribution is -2.05. The lowest BCUT2D eigenvalue weighted by Gasteiger charge is -2.09. The fourth-order valence-electron chi connectivity index (χ4n) is 1.19. The van der Waals surface area contributed by atoms with E-state index < -0.39 is 9.84 Å². The Labute approximate surface area is 89.7 Å². The highest BCUT2D eigenvalue weighted by Gasteiger charge is 2.17. The number of hydrogen-bond donors (Lipinski definition) is 0. The molecule has 1 aromatic rings. The fourth-order valence-corrected chi connectivity index (χ4v) is 2.22. The standard InChI is InChI=1S/C10H14O4S/c1-4-15(11,12)10-6-5-8(13-2)7-9(10)14-3/h5-7H,4H2,1-3H3. The minimum atomic E-state index is -3.25. The lowest BCUT2D eigenvalue weighted by atomic mass is 10.3. The molecule has 1 rings (SSSR count). The van der Waals surface area contributed by atoms with Crippen molar-refractivity contribution in [3.63, 3.8) is 0 Å². The monoisotopic (exact) mass is 230 g/mol. The van der Waals surface area contributed by atoms with Crippen molar-refractivity contribution in [1.29, 1.82) is 0 Å². The van der Waals surface area contributed by atoms with E-state index in [1.54, 1.807) is 19.1 Å². The van der Waals surface area contributed by atoms with Crippen LogP contribution < -0.4 is 9.47 Å². The molecule has 0 spiro atoms. The highest BCUT2D eigenvalue weighted by atomic mass is 32.2. The van der Waals surface area contributed by atoms with Crippen molar-refractivity contribution in [2.75, 3.05) is 20.0 Å². The van der Waals surface area contributed by atoms with Gasteiger partial charge < -0.3 is 9.47 Å². The van der Waals surface area contributed by atoms with Crippen molar-refractivity contribution < 1.29 is 17.9 Å². The van der Waals surface area contributed by atoms with Crippen LogP contribution in [0.15, 0.2) is 23.1 Å². The Morgan fingerprint density at radius 1 is 1.20 bits per heavy atom. The van der Waals surface area contributed by atoms with Crippen molar-refractivity contribution in [3.8, 4) is 11.5 Å². The van der Waals surface area contributed by atoms with Gasteiger partial charge in [-0.05, 0) is 12.1 Å². The van der Waals surface area contributed by atoms with Gasteiger partial charge in [-0.3, -0.25) is 0 Å². The van der Waals surface area contributed by atoms with E-state index in [-0.39, 0.29) is 10.6 Å². The van der Waals surface area contributed by atoms with Crippen LogP contribution in [-0.4, -0.2) is 28.4 Å². The fraction of sp³-hybridized carbons (Fsp3) is 0.400. The number of methoxy groups -OCH3 is 2. The van der Waals surface area contributed by atoms with Crippen LogP contribution in [0, 0.1) is 0 Å². The zero-order valence-electron chi connectivity index (χ0n) is 8.98. The molecule has 15 heavy (non-hydrogen) atoms. The summed E-state index contributed by atoms with van der Waals surface area (Å²) in [4.78, 5) is 0.202. The zero-order valence-corrected chi connectivity index (χ0v) is 9.80. The van der Waals surface area contributed by atoms with E-state index in [0.29, 0.717) is 11.5 Å². The Bertz CT molecular complexity index is 437. The smallest absolute Gasteiger partial charge is 0.181 e. The van der Waals surface area contributed by atoms with E-state index >= 15 is 0 Å². The molecule has 0 aliphatic carbocycles. The summed E-state index contributed by atoms with van der Waals surface area (Å²) in [6.45, 7) is 1.60. The first-order chi connectivity index (χ1) is 7.05. The van der Waals surface area contributed by atoms with Gasteiger partial charge in [-0.1, -0.05) is 6.92 Å². The number of ether oxygens (including phenoxy) is 2. The summed E-state index contributed by atoms with van der Waals surface area (Å²) < 4.78 is 33.3. The summed E-state index contributed by atoms with van der Waals surface area (Å²) in [5.74, 6) is 0.938. The van der Waals surface area contributed by atoms with Crippen LogP contribution in [0.5, 0.6) is 11.5 Å². The molecule has 0 radical (unpaired) electrons. The Kier molecular flexibility index (Phi) is 3.57. The van der Waals surface area contributed by atoms with Crippen molar-refractivity contribution in [2.45, 2.75) is 11.8 Å². The molecule has 0 amide bonds. The van der Waals surface area contributed by atoms with Crippen LogP contribution >= 0.6 is 0 Å². The van der Waals surface area contributed by atoms with E-state index in [1.165, 1.54) is 20.3 Å². The maximum atomic E-state index is 11.7. The summed E-state index contributed by atoms with van der Waals surface area (Å²) in [5, 5.41) is 0. The molecule has 4 nitrogen and oxygen atoms in total. The van der Waals surface area contributed by atoms with Crippen LogP contribution in [0.4, 0.5) is 0 Å². The maximum Gasteiger partial charge on any atom is 0.181 e. The van der Waals surface area contributed by atoms with Crippen LogP contribution in [0.25, 0.3) is 0 Å². The molecule has 0 bridgehead atoms. The first-order valence-electron chi connectivity index (χ1n) is 4.50. The second-order valence-corrected chi connectivity index (χ2v) is 5.17. The van der Waals surface area contributed by atoms with Gasteiger partial charge in [-0.2, -0.15) is 0 Å². The summed E-state index contributed by atoms with van der Waals surface area (Å²) >= 11 is 0. The number of hydrogen-bond acceptors (Lipinski definition) is 4. The van der Waals surface area contributed by atoms with Gasteiger partial charge in [0.15, 0.2) is 9.84 Å². The molecule has 0 aromatic heterocycles. The maximum absolute atomic E-state index is 11.7. The normalized spacial score (nSPS) is 11.1.